The van der Waals surface area contributed by atoms with Crippen LogP contribution in [0.1, 0.15) is 18.9 Å². The summed E-state index contributed by atoms with van der Waals surface area (Å²) in [5, 5.41) is 2.81. The zero-order chi connectivity index (χ0) is 16.4. The lowest BCUT2D eigenvalue weighted by Crippen LogP contribution is -2.49. The maximum absolute atomic E-state index is 13.1. The predicted octanol–water partition coefficient (Wildman–Crippen LogP) is 0.951. The maximum atomic E-state index is 13.1. The van der Waals surface area contributed by atoms with Crippen molar-refractivity contribution < 1.29 is 17.6 Å². The van der Waals surface area contributed by atoms with Crippen molar-refractivity contribution in [1.82, 2.24) is 10.2 Å². The third-order valence-electron chi connectivity index (χ3n) is 3.70. The average molecular weight is 328 g/mol. The van der Waals surface area contributed by atoms with Crippen molar-refractivity contribution in [2.24, 2.45) is 0 Å². The van der Waals surface area contributed by atoms with Gasteiger partial charge in [0.25, 0.3) is 0 Å². The van der Waals surface area contributed by atoms with E-state index in [1.807, 2.05) is 0 Å². The number of carbonyl (C=O) groups excluding carboxylic acids is 1. The van der Waals surface area contributed by atoms with Gasteiger partial charge in [-0.05, 0) is 38.1 Å². The van der Waals surface area contributed by atoms with Crippen LogP contribution < -0.4 is 5.32 Å². The first-order chi connectivity index (χ1) is 10.2. The number of sulfone groups is 1. The van der Waals surface area contributed by atoms with Crippen LogP contribution in [0.2, 0.25) is 0 Å². The number of benzene rings is 1. The quantitative estimate of drug-likeness (QED) is 0.874. The van der Waals surface area contributed by atoms with Crippen molar-refractivity contribution in [1.29, 1.82) is 0 Å². The molecule has 5 nitrogen and oxygen atoms in total. The molecule has 7 heteroatoms. The zero-order valence-electron chi connectivity index (χ0n) is 12.8. The molecule has 22 heavy (non-hydrogen) atoms. The Kier molecular flexibility index (Phi) is 4.87. The fourth-order valence-corrected chi connectivity index (χ4v) is 4.83. The highest BCUT2D eigenvalue weighted by atomic mass is 32.2. The number of hydrogen-bond acceptors (Lipinski definition) is 4. The van der Waals surface area contributed by atoms with Crippen LogP contribution in [-0.2, 0) is 21.2 Å². The number of hydrogen-bond donors (Lipinski definition) is 1. The average Bonchev–Trinajstić information content (AvgIpc) is 2.62. The second-order valence-electron chi connectivity index (χ2n) is 6.25. The molecule has 0 radical (unpaired) electrons. The lowest BCUT2D eigenvalue weighted by molar-refractivity contribution is -0.123. The van der Waals surface area contributed by atoms with Crippen LogP contribution in [0.3, 0.4) is 0 Å². The van der Waals surface area contributed by atoms with Gasteiger partial charge in [-0.1, -0.05) is 12.1 Å². The summed E-state index contributed by atoms with van der Waals surface area (Å²) in [6.07, 6.45) is 0.439. The van der Waals surface area contributed by atoms with Gasteiger partial charge in [0.2, 0.25) is 5.91 Å². The van der Waals surface area contributed by atoms with E-state index in [1.54, 1.807) is 31.0 Å². The Morgan fingerprint density at radius 3 is 2.77 bits per heavy atom. The molecule has 1 aliphatic heterocycles. The van der Waals surface area contributed by atoms with Gasteiger partial charge in [-0.3, -0.25) is 9.69 Å². The Morgan fingerprint density at radius 1 is 1.45 bits per heavy atom. The van der Waals surface area contributed by atoms with Crippen LogP contribution in [0.4, 0.5) is 4.39 Å². The number of rotatable bonds is 5. The van der Waals surface area contributed by atoms with Gasteiger partial charge in [-0.25, -0.2) is 12.8 Å². The highest BCUT2D eigenvalue weighted by molar-refractivity contribution is 7.91. The molecule has 1 aliphatic rings. The summed E-state index contributed by atoms with van der Waals surface area (Å²) in [6, 6.07) is 6.22. The van der Waals surface area contributed by atoms with E-state index in [0.29, 0.717) is 13.0 Å². The summed E-state index contributed by atoms with van der Waals surface area (Å²) < 4.78 is 36.2. The van der Waals surface area contributed by atoms with E-state index in [2.05, 4.69) is 5.32 Å². The molecule has 1 aromatic rings. The molecule has 0 aromatic heterocycles. The van der Waals surface area contributed by atoms with E-state index >= 15 is 0 Å². The molecule has 1 atom stereocenters. The monoisotopic (exact) mass is 328 g/mol. The van der Waals surface area contributed by atoms with Crippen molar-refractivity contribution >= 4 is 15.7 Å². The number of carbonyl (C=O) groups is 1. The molecule has 1 N–H and O–H groups in total. The fourth-order valence-electron chi connectivity index (χ4n) is 2.73. The van der Waals surface area contributed by atoms with Gasteiger partial charge in [-0.15, -0.1) is 0 Å². The molecule has 0 aliphatic carbocycles. The molecule has 1 unspecified atom stereocenters. The van der Waals surface area contributed by atoms with E-state index in [4.69, 9.17) is 0 Å². The van der Waals surface area contributed by atoms with Crippen LogP contribution in [-0.4, -0.2) is 49.9 Å². The van der Waals surface area contributed by atoms with Gasteiger partial charge in [0.1, 0.15) is 5.82 Å². The molecule has 0 saturated carbocycles. The second kappa shape index (κ2) is 6.34. The van der Waals surface area contributed by atoms with E-state index < -0.39 is 15.4 Å². The summed E-state index contributed by atoms with van der Waals surface area (Å²) in [7, 11) is -1.29. The van der Waals surface area contributed by atoms with Crippen LogP contribution >= 0.6 is 0 Å². The van der Waals surface area contributed by atoms with Crippen LogP contribution in [0, 0.1) is 5.82 Å². The third kappa shape index (κ3) is 4.78. The third-order valence-corrected chi connectivity index (χ3v) is 5.60. The molecule has 122 valence electrons. The number of likely N-dealkylation sites (N-methyl/N-ethyl adjacent to an activating group) is 1. The molecule has 2 rings (SSSR count). The summed E-state index contributed by atoms with van der Waals surface area (Å²) >= 11 is 0. The van der Waals surface area contributed by atoms with Gasteiger partial charge in [-0.2, -0.15) is 0 Å². The Bertz CT molecular complexity index is 663. The summed E-state index contributed by atoms with van der Waals surface area (Å²) in [4.78, 5) is 13.8. The molecular weight excluding hydrogens is 307 g/mol. The number of halogens is 1. The van der Waals surface area contributed by atoms with E-state index in [9.17, 15) is 17.6 Å². The Hall–Kier alpha value is -1.47. The van der Waals surface area contributed by atoms with Crippen LogP contribution in [0.25, 0.3) is 0 Å². The highest BCUT2D eigenvalue weighted by Crippen LogP contribution is 2.22. The van der Waals surface area contributed by atoms with Gasteiger partial charge in [0.15, 0.2) is 9.84 Å². The van der Waals surface area contributed by atoms with Crippen molar-refractivity contribution in [3.63, 3.8) is 0 Å². The first-order valence-corrected chi connectivity index (χ1v) is 8.94. The predicted molar refractivity (Wildman–Crippen MR) is 82.6 cm³/mol. The maximum Gasteiger partial charge on any atom is 0.234 e. The van der Waals surface area contributed by atoms with Crippen molar-refractivity contribution in [2.45, 2.75) is 25.4 Å². The van der Waals surface area contributed by atoms with E-state index in [-0.39, 0.29) is 29.8 Å². The highest BCUT2D eigenvalue weighted by Gasteiger charge is 2.39. The van der Waals surface area contributed by atoms with Crippen molar-refractivity contribution in [2.75, 3.05) is 25.1 Å². The molecule has 1 heterocycles. The number of nitrogens with zero attached hydrogens (tertiary/aromatic N) is 1. The zero-order valence-corrected chi connectivity index (χ0v) is 13.6. The topological polar surface area (TPSA) is 66.5 Å². The molecule has 1 fully saturated rings. The van der Waals surface area contributed by atoms with Crippen LogP contribution in [0.15, 0.2) is 24.3 Å². The van der Waals surface area contributed by atoms with Crippen LogP contribution in [0.5, 0.6) is 0 Å². The van der Waals surface area contributed by atoms with Gasteiger partial charge < -0.3 is 5.32 Å². The molecule has 0 spiro atoms. The minimum absolute atomic E-state index is 0.0145. The Labute approximate surface area is 130 Å². The minimum atomic E-state index is -3.05. The smallest absolute Gasteiger partial charge is 0.234 e. The molecular formula is C15H21FN2O3S. The van der Waals surface area contributed by atoms with Crippen molar-refractivity contribution in [3.8, 4) is 0 Å². The normalized spacial score (nSPS) is 23.6. The van der Waals surface area contributed by atoms with Gasteiger partial charge in [0.05, 0.1) is 23.6 Å². The lowest BCUT2D eigenvalue weighted by Gasteiger charge is -2.25. The summed E-state index contributed by atoms with van der Waals surface area (Å²) in [6.45, 7) is 2.33. The van der Waals surface area contributed by atoms with E-state index in [0.717, 1.165) is 5.56 Å². The second-order valence-corrected chi connectivity index (χ2v) is 8.44. The number of nitrogens with one attached hydrogen (secondary N) is 1. The molecule has 0 bridgehead atoms. The van der Waals surface area contributed by atoms with Crippen molar-refractivity contribution in [3.05, 3.63) is 35.6 Å². The Morgan fingerprint density at radius 2 is 2.18 bits per heavy atom. The lowest BCUT2D eigenvalue weighted by atomic mass is 10.0. The van der Waals surface area contributed by atoms with E-state index in [1.165, 1.54) is 12.1 Å². The molecule has 1 aromatic carbocycles. The number of amides is 1. The molecule has 1 saturated heterocycles. The standard InChI is InChI=1S/C15H21FN2O3S/c1-15(6-7-22(20,21)11-15)17-14(19)10-18(2)9-12-4-3-5-13(16)8-12/h3-5,8H,6-7,9-11H2,1-2H3,(H,17,19). The minimum Gasteiger partial charge on any atom is -0.349 e. The van der Waals surface area contributed by atoms with Gasteiger partial charge >= 0.3 is 0 Å². The first-order valence-electron chi connectivity index (χ1n) is 7.12. The van der Waals surface area contributed by atoms with Gasteiger partial charge in [0, 0.05) is 6.54 Å². The molecule has 1 amide bonds. The largest absolute Gasteiger partial charge is 0.349 e. The fraction of sp³-hybridized carbons (Fsp3) is 0.533. The first kappa shape index (κ1) is 16.9. The summed E-state index contributed by atoms with van der Waals surface area (Å²) in [5.74, 6) is -0.431. The Balaban J connectivity index is 1.87. The summed E-state index contributed by atoms with van der Waals surface area (Å²) in [5.41, 5.74) is 0.0975. The SMILES string of the molecule is CN(CC(=O)NC1(C)CCS(=O)(=O)C1)Cc1cccc(F)c1.